The lowest BCUT2D eigenvalue weighted by atomic mass is 9.64. The van der Waals surface area contributed by atoms with Crippen LogP contribution in [0.2, 0.25) is 0 Å². The summed E-state index contributed by atoms with van der Waals surface area (Å²) in [6.45, 7) is 9.17. The first kappa shape index (κ1) is 12.0. The second-order valence-corrected chi connectivity index (χ2v) is 4.79. The SMILES string of the molecule is CCOC1CC(N(C)CCN)C1(C)C. The lowest BCUT2D eigenvalue weighted by Crippen LogP contribution is -2.61. The van der Waals surface area contributed by atoms with Crippen molar-refractivity contribution >= 4 is 0 Å². The van der Waals surface area contributed by atoms with Crippen molar-refractivity contribution in [3.63, 3.8) is 0 Å². The summed E-state index contributed by atoms with van der Waals surface area (Å²) in [4.78, 5) is 2.36. The van der Waals surface area contributed by atoms with Gasteiger partial charge < -0.3 is 15.4 Å². The molecule has 0 aromatic carbocycles. The number of ether oxygens (including phenoxy) is 1. The van der Waals surface area contributed by atoms with Gasteiger partial charge in [0, 0.05) is 31.2 Å². The number of hydrogen-bond donors (Lipinski definition) is 1. The van der Waals surface area contributed by atoms with Crippen LogP contribution in [0.4, 0.5) is 0 Å². The summed E-state index contributed by atoms with van der Waals surface area (Å²) in [5.41, 5.74) is 5.83. The fourth-order valence-electron chi connectivity index (χ4n) is 2.46. The van der Waals surface area contributed by atoms with Crippen LogP contribution in [0.25, 0.3) is 0 Å². The molecule has 3 nitrogen and oxygen atoms in total. The first-order chi connectivity index (χ1) is 6.54. The van der Waals surface area contributed by atoms with Gasteiger partial charge in [0.05, 0.1) is 6.10 Å². The van der Waals surface area contributed by atoms with E-state index in [4.69, 9.17) is 10.5 Å². The zero-order chi connectivity index (χ0) is 10.8. The Morgan fingerprint density at radius 1 is 1.50 bits per heavy atom. The number of nitrogens with zero attached hydrogens (tertiary/aromatic N) is 1. The molecule has 0 amide bonds. The Morgan fingerprint density at radius 2 is 2.14 bits per heavy atom. The molecule has 2 N–H and O–H groups in total. The summed E-state index contributed by atoms with van der Waals surface area (Å²) in [5.74, 6) is 0. The predicted octanol–water partition coefficient (Wildman–Crippen LogP) is 1.08. The maximum absolute atomic E-state index is 5.69. The molecule has 0 spiro atoms. The maximum atomic E-state index is 5.69. The monoisotopic (exact) mass is 200 g/mol. The third-order valence-electron chi connectivity index (χ3n) is 3.51. The van der Waals surface area contributed by atoms with Gasteiger partial charge in [0.1, 0.15) is 0 Å². The third kappa shape index (κ3) is 2.10. The van der Waals surface area contributed by atoms with Gasteiger partial charge in [-0.15, -0.1) is 0 Å². The van der Waals surface area contributed by atoms with Gasteiger partial charge in [-0.2, -0.15) is 0 Å². The van der Waals surface area contributed by atoms with Gasteiger partial charge >= 0.3 is 0 Å². The van der Waals surface area contributed by atoms with E-state index in [2.05, 4.69) is 32.7 Å². The Labute approximate surface area is 87.6 Å². The van der Waals surface area contributed by atoms with Crippen LogP contribution in [-0.2, 0) is 4.74 Å². The fourth-order valence-corrected chi connectivity index (χ4v) is 2.46. The topological polar surface area (TPSA) is 38.5 Å². The number of nitrogens with two attached hydrogens (primary N) is 1. The van der Waals surface area contributed by atoms with E-state index in [0.29, 0.717) is 12.1 Å². The fraction of sp³-hybridized carbons (Fsp3) is 1.00. The minimum absolute atomic E-state index is 0.278. The van der Waals surface area contributed by atoms with Gasteiger partial charge in [0.15, 0.2) is 0 Å². The molecule has 0 radical (unpaired) electrons. The van der Waals surface area contributed by atoms with Crippen LogP contribution in [0, 0.1) is 5.41 Å². The van der Waals surface area contributed by atoms with Crippen molar-refractivity contribution in [2.75, 3.05) is 26.7 Å². The van der Waals surface area contributed by atoms with Gasteiger partial charge in [-0.25, -0.2) is 0 Å². The zero-order valence-electron chi connectivity index (χ0n) is 9.92. The summed E-state index contributed by atoms with van der Waals surface area (Å²) in [5, 5.41) is 0. The molecule has 84 valence electrons. The molecule has 1 rings (SSSR count). The molecule has 1 aliphatic rings. The Kier molecular flexibility index (Phi) is 3.93. The summed E-state index contributed by atoms with van der Waals surface area (Å²) in [7, 11) is 2.15. The highest BCUT2D eigenvalue weighted by atomic mass is 16.5. The molecule has 0 bridgehead atoms. The predicted molar refractivity (Wildman–Crippen MR) is 59.3 cm³/mol. The summed E-state index contributed by atoms with van der Waals surface area (Å²) < 4.78 is 5.69. The van der Waals surface area contributed by atoms with E-state index in [1.54, 1.807) is 0 Å². The van der Waals surface area contributed by atoms with Crippen LogP contribution in [0.1, 0.15) is 27.2 Å². The molecule has 0 saturated heterocycles. The average molecular weight is 200 g/mol. The second kappa shape index (κ2) is 4.60. The van der Waals surface area contributed by atoms with Gasteiger partial charge in [-0.3, -0.25) is 0 Å². The quantitative estimate of drug-likeness (QED) is 0.722. The van der Waals surface area contributed by atoms with Crippen molar-refractivity contribution in [3.8, 4) is 0 Å². The largest absolute Gasteiger partial charge is 0.378 e. The number of rotatable bonds is 5. The molecule has 1 fully saturated rings. The standard InChI is InChI=1S/C11H24N2O/c1-5-14-10-8-9(11(10,2)3)13(4)7-6-12/h9-10H,5-8,12H2,1-4H3. The Balaban J connectivity index is 2.45. The minimum Gasteiger partial charge on any atom is -0.378 e. The number of hydrogen-bond acceptors (Lipinski definition) is 3. The van der Waals surface area contributed by atoms with Crippen LogP contribution in [0.15, 0.2) is 0 Å². The van der Waals surface area contributed by atoms with Crippen LogP contribution in [0.5, 0.6) is 0 Å². The van der Waals surface area contributed by atoms with E-state index < -0.39 is 0 Å². The molecule has 0 heterocycles. The molecule has 14 heavy (non-hydrogen) atoms. The summed E-state index contributed by atoms with van der Waals surface area (Å²) >= 11 is 0. The molecule has 0 aromatic rings. The van der Waals surface area contributed by atoms with E-state index >= 15 is 0 Å². The summed E-state index contributed by atoms with van der Waals surface area (Å²) in [6.07, 6.45) is 1.58. The second-order valence-electron chi connectivity index (χ2n) is 4.79. The average Bonchev–Trinajstić information content (AvgIpc) is 2.11. The van der Waals surface area contributed by atoms with Crippen molar-refractivity contribution in [1.82, 2.24) is 4.90 Å². The van der Waals surface area contributed by atoms with Crippen molar-refractivity contribution < 1.29 is 4.74 Å². The normalized spacial score (nSPS) is 30.4. The Bertz CT molecular complexity index is 182. The molecule has 2 atom stereocenters. The molecule has 2 unspecified atom stereocenters. The van der Waals surface area contributed by atoms with Gasteiger partial charge in [0.2, 0.25) is 0 Å². The number of likely N-dealkylation sites (N-methyl/N-ethyl adjacent to an activating group) is 1. The lowest BCUT2D eigenvalue weighted by Gasteiger charge is -2.55. The molecule has 0 aromatic heterocycles. The molecular formula is C11H24N2O. The van der Waals surface area contributed by atoms with Crippen molar-refractivity contribution in [1.29, 1.82) is 0 Å². The van der Waals surface area contributed by atoms with Crippen LogP contribution in [0.3, 0.4) is 0 Å². The highest BCUT2D eigenvalue weighted by Crippen LogP contribution is 2.45. The lowest BCUT2D eigenvalue weighted by molar-refractivity contribution is -0.144. The Hall–Kier alpha value is -0.120. The van der Waals surface area contributed by atoms with E-state index in [9.17, 15) is 0 Å². The van der Waals surface area contributed by atoms with Crippen molar-refractivity contribution in [3.05, 3.63) is 0 Å². The molecular weight excluding hydrogens is 176 g/mol. The highest BCUT2D eigenvalue weighted by Gasteiger charge is 2.50. The van der Waals surface area contributed by atoms with Gasteiger partial charge in [-0.1, -0.05) is 13.8 Å². The third-order valence-corrected chi connectivity index (χ3v) is 3.51. The first-order valence-electron chi connectivity index (χ1n) is 5.56. The van der Waals surface area contributed by atoms with E-state index in [1.807, 2.05) is 0 Å². The molecule has 1 saturated carbocycles. The molecule has 3 heteroatoms. The van der Waals surface area contributed by atoms with Crippen LogP contribution in [-0.4, -0.2) is 43.8 Å². The molecule has 0 aliphatic heterocycles. The first-order valence-corrected chi connectivity index (χ1v) is 5.56. The van der Waals surface area contributed by atoms with E-state index in [0.717, 1.165) is 26.1 Å². The van der Waals surface area contributed by atoms with E-state index in [-0.39, 0.29) is 5.41 Å². The summed E-state index contributed by atoms with van der Waals surface area (Å²) in [6, 6.07) is 0.627. The van der Waals surface area contributed by atoms with Crippen molar-refractivity contribution in [2.24, 2.45) is 11.1 Å². The van der Waals surface area contributed by atoms with Crippen LogP contribution >= 0.6 is 0 Å². The van der Waals surface area contributed by atoms with Crippen LogP contribution < -0.4 is 5.73 Å². The minimum atomic E-state index is 0.278. The Morgan fingerprint density at radius 3 is 2.57 bits per heavy atom. The highest BCUT2D eigenvalue weighted by molar-refractivity contribution is 5.03. The van der Waals surface area contributed by atoms with Crippen molar-refractivity contribution in [2.45, 2.75) is 39.3 Å². The zero-order valence-corrected chi connectivity index (χ0v) is 9.92. The van der Waals surface area contributed by atoms with Gasteiger partial charge in [-0.05, 0) is 20.4 Å². The van der Waals surface area contributed by atoms with E-state index in [1.165, 1.54) is 0 Å². The molecule has 1 aliphatic carbocycles. The maximum Gasteiger partial charge on any atom is 0.0655 e. The van der Waals surface area contributed by atoms with Gasteiger partial charge in [0.25, 0.3) is 0 Å². The smallest absolute Gasteiger partial charge is 0.0655 e.